The Kier molecular flexibility index (Phi) is 3.77. The van der Waals surface area contributed by atoms with Gasteiger partial charge in [0.05, 0.1) is 25.0 Å². The molecule has 5 nitrogen and oxygen atoms in total. The third-order valence-electron chi connectivity index (χ3n) is 3.55. The van der Waals surface area contributed by atoms with Crippen LogP contribution >= 0.6 is 15.9 Å². The van der Waals surface area contributed by atoms with Crippen LogP contribution in [0.25, 0.3) is 0 Å². The number of hydrogen-bond acceptors (Lipinski definition) is 4. The van der Waals surface area contributed by atoms with E-state index in [1.807, 2.05) is 0 Å². The minimum Gasteiger partial charge on any atom is -0.394 e. The first-order chi connectivity index (χ1) is 8.45. The molecule has 6 heteroatoms. The summed E-state index contributed by atoms with van der Waals surface area (Å²) in [5.74, 6) is 0.657. The van der Waals surface area contributed by atoms with E-state index in [4.69, 9.17) is 5.11 Å². The number of aliphatic hydroxyl groups excluding tert-OH is 1. The topological polar surface area (TPSA) is 67.2 Å². The molecule has 0 spiro atoms. The third kappa shape index (κ3) is 2.75. The largest absolute Gasteiger partial charge is 0.394 e. The molecule has 2 rings (SSSR count). The molecule has 0 amide bonds. The minimum absolute atomic E-state index is 0.0949. The average molecular weight is 316 g/mol. The number of halogens is 1. The van der Waals surface area contributed by atoms with Gasteiger partial charge in [0, 0.05) is 6.54 Å². The smallest absolute Gasteiger partial charge is 0.283 e. The van der Waals surface area contributed by atoms with Gasteiger partial charge in [-0.3, -0.25) is 4.79 Å². The zero-order valence-electron chi connectivity index (χ0n) is 10.6. The van der Waals surface area contributed by atoms with E-state index in [9.17, 15) is 4.79 Å². The van der Waals surface area contributed by atoms with Crippen molar-refractivity contribution in [3.05, 3.63) is 21.0 Å². The molecule has 1 saturated carbocycles. The average Bonchev–Trinajstić information content (AvgIpc) is 2.92. The van der Waals surface area contributed by atoms with E-state index in [0.717, 1.165) is 12.2 Å². The molecule has 1 aliphatic carbocycles. The van der Waals surface area contributed by atoms with Crippen molar-refractivity contribution in [2.45, 2.75) is 26.8 Å². The van der Waals surface area contributed by atoms with Gasteiger partial charge in [-0.05, 0) is 33.7 Å². The molecule has 1 fully saturated rings. The Bertz CT molecular complexity index is 499. The van der Waals surface area contributed by atoms with Crippen molar-refractivity contribution in [2.75, 3.05) is 18.5 Å². The Morgan fingerprint density at radius 1 is 1.67 bits per heavy atom. The number of anilines is 1. The van der Waals surface area contributed by atoms with Crippen molar-refractivity contribution in [1.82, 2.24) is 9.78 Å². The lowest BCUT2D eigenvalue weighted by atomic mass is 10.1. The van der Waals surface area contributed by atoms with Crippen LogP contribution in [0.1, 0.15) is 20.3 Å². The second-order valence-corrected chi connectivity index (χ2v) is 6.19. The molecule has 1 aromatic heterocycles. The molecular weight excluding hydrogens is 298 g/mol. The van der Waals surface area contributed by atoms with Crippen LogP contribution < -0.4 is 10.9 Å². The van der Waals surface area contributed by atoms with Crippen LogP contribution in [0.15, 0.2) is 15.5 Å². The van der Waals surface area contributed by atoms with Crippen LogP contribution in [0, 0.1) is 11.3 Å². The van der Waals surface area contributed by atoms with Crippen molar-refractivity contribution in [3.63, 3.8) is 0 Å². The molecule has 1 aliphatic rings. The van der Waals surface area contributed by atoms with Crippen LogP contribution in [-0.2, 0) is 6.54 Å². The fraction of sp³-hybridized carbons (Fsp3) is 0.667. The van der Waals surface area contributed by atoms with Gasteiger partial charge in [-0.1, -0.05) is 13.8 Å². The van der Waals surface area contributed by atoms with Gasteiger partial charge in [0.1, 0.15) is 4.47 Å². The van der Waals surface area contributed by atoms with E-state index in [2.05, 4.69) is 40.2 Å². The lowest BCUT2D eigenvalue weighted by Gasteiger charge is -2.10. The number of nitrogens with zero attached hydrogens (tertiary/aromatic N) is 2. The highest BCUT2D eigenvalue weighted by Crippen LogP contribution is 2.51. The Balaban J connectivity index is 2.05. The molecule has 1 atom stereocenters. The summed E-state index contributed by atoms with van der Waals surface area (Å²) in [7, 11) is 0. The number of aromatic nitrogens is 2. The molecule has 0 radical (unpaired) electrons. The predicted molar refractivity (Wildman–Crippen MR) is 73.7 cm³/mol. The van der Waals surface area contributed by atoms with E-state index in [1.54, 1.807) is 6.20 Å². The molecule has 1 unspecified atom stereocenters. The van der Waals surface area contributed by atoms with Gasteiger partial charge in [-0.15, -0.1) is 0 Å². The van der Waals surface area contributed by atoms with Crippen molar-refractivity contribution < 1.29 is 5.11 Å². The Hall–Kier alpha value is -0.880. The quantitative estimate of drug-likeness (QED) is 0.863. The fourth-order valence-electron chi connectivity index (χ4n) is 2.00. The maximum atomic E-state index is 11.9. The van der Waals surface area contributed by atoms with Gasteiger partial charge < -0.3 is 10.4 Å². The monoisotopic (exact) mass is 315 g/mol. The van der Waals surface area contributed by atoms with E-state index < -0.39 is 0 Å². The number of nitrogens with one attached hydrogen (secondary N) is 1. The molecule has 0 aromatic carbocycles. The highest BCUT2D eigenvalue weighted by Gasteiger charge is 2.45. The van der Waals surface area contributed by atoms with Gasteiger partial charge in [-0.2, -0.15) is 5.10 Å². The Labute approximate surface area is 114 Å². The first kappa shape index (κ1) is 13.5. The second kappa shape index (κ2) is 5.01. The molecular formula is C12H18BrN3O2. The van der Waals surface area contributed by atoms with Crippen LogP contribution in [0.3, 0.4) is 0 Å². The predicted octanol–water partition coefficient (Wildman–Crippen LogP) is 1.46. The van der Waals surface area contributed by atoms with Gasteiger partial charge in [0.15, 0.2) is 0 Å². The van der Waals surface area contributed by atoms with Crippen molar-refractivity contribution in [1.29, 1.82) is 0 Å². The number of aliphatic hydroxyl groups is 1. The summed E-state index contributed by atoms with van der Waals surface area (Å²) < 4.78 is 1.72. The summed E-state index contributed by atoms with van der Waals surface area (Å²) in [6, 6.07) is 0. The summed E-state index contributed by atoms with van der Waals surface area (Å²) in [5.41, 5.74) is 0.916. The Morgan fingerprint density at radius 2 is 2.33 bits per heavy atom. The molecule has 0 aliphatic heterocycles. The first-order valence-electron chi connectivity index (χ1n) is 6.06. The molecule has 0 bridgehead atoms. The van der Waals surface area contributed by atoms with E-state index in [-0.39, 0.29) is 18.7 Å². The maximum Gasteiger partial charge on any atom is 0.283 e. The normalized spacial score (nSPS) is 20.8. The van der Waals surface area contributed by atoms with Crippen molar-refractivity contribution >= 4 is 21.6 Å². The van der Waals surface area contributed by atoms with Gasteiger partial charge in [0.25, 0.3) is 5.56 Å². The van der Waals surface area contributed by atoms with Crippen molar-refractivity contribution in [2.24, 2.45) is 11.3 Å². The SMILES string of the molecule is CC1(C)CC1CNc1cnn(CCO)c(=O)c1Br. The van der Waals surface area contributed by atoms with Gasteiger partial charge in [-0.25, -0.2) is 4.68 Å². The molecule has 1 heterocycles. The number of rotatable bonds is 5. The third-order valence-corrected chi connectivity index (χ3v) is 4.32. The maximum absolute atomic E-state index is 11.9. The van der Waals surface area contributed by atoms with Crippen molar-refractivity contribution in [3.8, 4) is 0 Å². The van der Waals surface area contributed by atoms with E-state index in [0.29, 0.717) is 15.8 Å². The standard InChI is InChI=1S/C12H18BrN3O2/c1-12(2)5-8(12)6-14-9-7-15-16(3-4-17)11(18)10(9)13/h7-8,14,17H,3-6H2,1-2H3. The van der Waals surface area contributed by atoms with Gasteiger partial charge in [0.2, 0.25) is 0 Å². The van der Waals surface area contributed by atoms with Crippen LogP contribution in [0.5, 0.6) is 0 Å². The summed E-state index contributed by atoms with van der Waals surface area (Å²) in [6.45, 7) is 5.46. The molecule has 100 valence electrons. The molecule has 1 aromatic rings. The lowest BCUT2D eigenvalue weighted by molar-refractivity contribution is 0.266. The summed E-state index contributed by atoms with van der Waals surface area (Å²) in [6.07, 6.45) is 2.84. The zero-order chi connectivity index (χ0) is 13.3. The van der Waals surface area contributed by atoms with E-state index in [1.165, 1.54) is 11.1 Å². The number of hydrogen-bond donors (Lipinski definition) is 2. The second-order valence-electron chi connectivity index (χ2n) is 5.39. The minimum atomic E-state index is -0.218. The first-order valence-corrected chi connectivity index (χ1v) is 6.85. The van der Waals surface area contributed by atoms with Crippen LogP contribution in [0.4, 0.5) is 5.69 Å². The van der Waals surface area contributed by atoms with Crippen LogP contribution in [0.2, 0.25) is 0 Å². The van der Waals surface area contributed by atoms with E-state index >= 15 is 0 Å². The zero-order valence-corrected chi connectivity index (χ0v) is 12.2. The fourth-order valence-corrected chi connectivity index (χ4v) is 2.45. The highest BCUT2D eigenvalue weighted by atomic mass is 79.9. The lowest BCUT2D eigenvalue weighted by Crippen LogP contribution is -2.26. The molecule has 2 N–H and O–H groups in total. The summed E-state index contributed by atoms with van der Waals surface area (Å²) >= 11 is 3.28. The summed E-state index contributed by atoms with van der Waals surface area (Å²) in [5, 5.41) is 16.1. The molecule has 18 heavy (non-hydrogen) atoms. The molecule has 0 saturated heterocycles. The van der Waals surface area contributed by atoms with Gasteiger partial charge >= 0.3 is 0 Å². The van der Waals surface area contributed by atoms with Crippen LogP contribution in [-0.4, -0.2) is 28.0 Å². The summed E-state index contributed by atoms with van der Waals surface area (Å²) in [4.78, 5) is 11.9. The highest BCUT2D eigenvalue weighted by molar-refractivity contribution is 9.10. The Morgan fingerprint density at radius 3 is 2.89 bits per heavy atom.